The Labute approximate surface area is 110 Å². The average molecular weight is 251 g/mol. The Morgan fingerprint density at radius 2 is 1.61 bits per heavy atom. The first-order valence-electron chi connectivity index (χ1n) is 6.93. The van der Waals surface area contributed by atoms with E-state index in [0.29, 0.717) is 6.61 Å². The lowest BCUT2D eigenvalue weighted by Gasteiger charge is -2.11. The van der Waals surface area contributed by atoms with Gasteiger partial charge in [-0.2, -0.15) is 0 Å². The van der Waals surface area contributed by atoms with Crippen LogP contribution in [0.2, 0.25) is 0 Å². The molecular formula is C15H25NO2. The van der Waals surface area contributed by atoms with E-state index in [1.165, 1.54) is 12.8 Å². The number of benzene rings is 1. The molecule has 3 heteroatoms. The molecule has 0 aliphatic heterocycles. The Kier molecular flexibility index (Phi) is 8.06. The van der Waals surface area contributed by atoms with Gasteiger partial charge < -0.3 is 14.8 Å². The fourth-order valence-electron chi connectivity index (χ4n) is 1.65. The second-order valence-corrected chi connectivity index (χ2v) is 4.19. The molecule has 0 atom stereocenters. The van der Waals surface area contributed by atoms with Gasteiger partial charge in [-0.15, -0.1) is 0 Å². The number of hydrogen-bond donors (Lipinski definition) is 1. The summed E-state index contributed by atoms with van der Waals surface area (Å²) < 4.78 is 11.2. The van der Waals surface area contributed by atoms with Crippen LogP contribution in [0.4, 0.5) is 0 Å². The van der Waals surface area contributed by atoms with Crippen molar-refractivity contribution < 1.29 is 9.47 Å². The van der Waals surface area contributed by atoms with Gasteiger partial charge in [-0.3, -0.25) is 0 Å². The smallest absolute Gasteiger partial charge is 0.161 e. The Balaban J connectivity index is 2.18. The standard InChI is InChI=1S/C15H25NO2/c1-3-5-11-16-12-8-13-18-15-10-7-6-9-14(15)17-4-2/h6-7,9-10,16H,3-5,8,11-13H2,1-2H3. The lowest BCUT2D eigenvalue weighted by molar-refractivity contribution is 0.272. The Morgan fingerprint density at radius 1 is 0.944 bits per heavy atom. The van der Waals surface area contributed by atoms with E-state index in [1.54, 1.807) is 0 Å². The molecule has 1 rings (SSSR count). The highest BCUT2D eigenvalue weighted by atomic mass is 16.5. The highest BCUT2D eigenvalue weighted by Crippen LogP contribution is 2.26. The van der Waals surface area contributed by atoms with Crippen LogP contribution in [0.15, 0.2) is 24.3 Å². The molecule has 1 aromatic rings. The summed E-state index contributed by atoms with van der Waals surface area (Å²) >= 11 is 0. The van der Waals surface area contributed by atoms with Gasteiger partial charge in [0.1, 0.15) is 0 Å². The zero-order valence-corrected chi connectivity index (χ0v) is 11.6. The summed E-state index contributed by atoms with van der Waals surface area (Å²) in [7, 11) is 0. The van der Waals surface area contributed by atoms with Gasteiger partial charge in [-0.25, -0.2) is 0 Å². The summed E-state index contributed by atoms with van der Waals surface area (Å²) in [6.07, 6.45) is 3.50. The first-order valence-corrected chi connectivity index (χ1v) is 6.93. The van der Waals surface area contributed by atoms with Crippen molar-refractivity contribution in [1.29, 1.82) is 0 Å². The highest BCUT2D eigenvalue weighted by Gasteiger charge is 2.02. The number of hydrogen-bond acceptors (Lipinski definition) is 3. The number of nitrogens with one attached hydrogen (secondary N) is 1. The van der Waals surface area contributed by atoms with Crippen molar-refractivity contribution in [2.75, 3.05) is 26.3 Å². The second kappa shape index (κ2) is 9.77. The topological polar surface area (TPSA) is 30.5 Å². The monoisotopic (exact) mass is 251 g/mol. The fraction of sp³-hybridized carbons (Fsp3) is 0.600. The van der Waals surface area contributed by atoms with Gasteiger partial charge in [0, 0.05) is 0 Å². The first kappa shape index (κ1) is 14.8. The van der Waals surface area contributed by atoms with Crippen molar-refractivity contribution >= 4 is 0 Å². The molecule has 18 heavy (non-hydrogen) atoms. The highest BCUT2D eigenvalue weighted by molar-refractivity contribution is 5.39. The Morgan fingerprint density at radius 3 is 2.28 bits per heavy atom. The maximum Gasteiger partial charge on any atom is 0.161 e. The van der Waals surface area contributed by atoms with Gasteiger partial charge in [-0.1, -0.05) is 25.5 Å². The molecule has 0 aliphatic carbocycles. The minimum atomic E-state index is 0.666. The molecule has 0 saturated carbocycles. The van der Waals surface area contributed by atoms with Crippen molar-refractivity contribution in [3.63, 3.8) is 0 Å². The second-order valence-electron chi connectivity index (χ2n) is 4.19. The molecule has 0 aliphatic rings. The average Bonchev–Trinajstić information content (AvgIpc) is 2.40. The van der Waals surface area contributed by atoms with E-state index in [2.05, 4.69) is 12.2 Å². The third-order valence-corrected chi connectivity index (χ3v) is 2.61. The summed E-state index contributed by atoms with van der Waals surface area (Å²) in [6, 6.07) is 7.83. The maximum atomic E-state index is 5.73. The molecule has 0 spiro atoms. The van der Waals surface area contributed by atoms with Gasteiger partial charge >= 0.3 is 0 Å². The van der Waals surface area contributed by atoms with E-state index in [4.69, 9.17) is 9.47 Å². The van der Waals surface area contributed by atoms with Crippen LogP contribution in [-0.4, -0.2) is 26.3 Å². The van der Waals surface area contributed by atoms with E-state index < -0.39 is 0 Å². The summed E-state index contributed by atoms with van der Waals surface area (Å²) in [6.45, 7) is 7.69. The molecule has 3 nitrogen and oxygen atoms in total. The predicted octanol–water partition coefficient (Wildman–Crippen LogP) is 3.24. The lowest BCUT2D eigenvalue weighted by atomic mass is 10.3. The van der Waals surface area contributed by atoms with Crippen LogP contribution >= 0.6 is 0 Å². The molecule has 0 bridgehead atoms. The molecule has 0 heterocycles. The zero-order valence-electron chi connectivity index (χ0n) is 11.6. The molecule has 102 valence electrons. The minimum Gasteiger partial charge on any atom is -0.490 e. The van der Waals surface area contributed by atoms with Crippen molar-refractivity contribution in [3.8, 4) is 11.5 Å². The zero-order chi connectivity index (χ0) is 13.1. The van der Waals surface area contributed by atoms with Gasteiger partial charge in [-0.05, 0) is 45.0 Å². The van der Waals surface area contributed by atoms with Gasteiger partial charge in [0.15, 0.2) is 11.5 Å². The van der Waals surface area contributed by atoms with E-state index in [0.717, 1.165) is 37.6 Å². The van der Waals surface area contributed by atoms with E-state index in [-0.39, 0.29) is 0 Å². The normalized spacial score (nSPS) is 10.3. The predicted molar refractivity (Wildman–Crippen MR) is 75.5 cm³/mol. The summed E-state index contributed by atoms with van der Waals surface area (Å²) in [5, 5.41) is 3.40. The van der Waals surface area contributed by atoms with Crippen molar-refractivity contribution in [2.24, 2.45) is 0 Å². The summed E-state index contributed by atoms with van der Waals surface area (Å²) in [4.78, 5) is 0. The number of ether oxygens (including phenoxy) is 2. The molecule has 0 fully saturated rings. The van der Waals surface area contributed by atoms with Gasteiger partial charge in [0.05, 0.1) is 13.2 Å². The molecule has 0 aromatic heterocycles. The van der Waals surface area contributed by atoms with E-state index >= 15 is 0 Å². The molecule has 1 aromatic carbocycles. The van der Waals surface area contributed by atoms with E-state index in [1.807, 2.05) is 31.2 Å². The van der Waals surface area contributed by atoms with Crippen LogP contribution in [0.1, 0.15) is 33.1 Å². The Hall–Kier alpha value is -1.22. The largest absolute Gasteiger partial charge is 0.490 e. The van der Waals surface area contributed by atoms with Crippen LogP contribution in [0.5, 0.6) is 11.5 Å². The van der Waals surface area contributed by atoms with Crippen LogP contribution in [0.3, 0.4) is 0 Å². The number of rotatable bonds is 10. The van der Waals surface area contributed by atoms with Crippen LogP contribution in [-0.2, 0) is 0 Å². The lowest BCUT2D eigenvalue weighted by Crippen LogP contribution is -2.18. The summed E-state index contributed by atoms with van der Waals surface area (Å²) in [5.41, 5.74) is 0. The first-order chi connectivity index (χ1) is 8.88. The van der Waals surface area contributed by atoms with Crippen molar-refractivity contribution in [2.45, 2.75) is 33.1 Å². The number of unbranched alkanes of at least 4 members (excludes halogenated alkanes) is 1. The molecular weight excluding hydrogens is 226 g/mol. The summed E-state index contributed by atoms with van der Waals surface area (Å²) in [5.74, 6) is 1.67. The third kappa shape index (κ3) is 5.92. The Bertz CT molecular complexity index is 315. The third-order valence-electron chi connectivity index (χ3n) is 2.61. The van der Waals surface area contributed by atoms with Crippen LogP contribution in [0.25, 0.3) is 0 Å². The molecule has 0 amide bonds. The van der Waals surface area contributed by atoms with E-state index in [9.17, 15) is 0 Å². The maximum absolute atomic E-state index is 5.73. The van der Waals surface area contributed by atoms with Crippen LogP contribution in [0, 0.1) is 0 Å². The van der Waals surface area contributed by atoms with Gasteiger partial charge in [0.2, 0.25) is 0 Å². The molecule has 0 saturated heterocycles. The molecule has 0 unspecified atom stereocenters. The minimum absolute atomic E-state index is 0.666. The number of para-hydroxylation sites is 2. The van der Waals surface area contributed by atoms with Crippen molar-refractivity contribution in [1.82, 2.24) is 5.32 Å². The molecule has 1 N–H and O–H groups in total. The van der Waals surface area contributed by atoms with Crippen LogP contribution < -0.4 is 14.8 Å². The SMILES string of the molecule is CCCCNCCCOc1ccccc1OCC. The van der Waals surface area contributed by atoms with Crippen molar-refractivity contribution in [3.05, 3.63) is 24.3 Å². The van der Waals surface area contributed by atoms with Gasteiger partial charge in [0.25, 0.3) is 0 Å². The molecule has 0 radical (unpaired) electrons. The quantitative estimate of drug-likeness (QED) is 0.648. The fourth-order valence-corrected chi connectivity index (χ4v) is 1.65.